The molecular formula is C13H12BrClN2O3S. The van der Waals surface area contributed by atoms with Crippen molar-refractivity contribution in [3.05, 3.63) is 37.7 Å². The van der Waals surface area contributed by atoms with Crippen molar-refractivity contribution in [3.8, 4) is 5.75 Å². The quantitative estimate of drug-likeness (QED) is 0.782. The van der Waals surface area contributed by atoms with E-state index in [4.69, 9.17) is 21.1 Å². The number of anilines is 1. The van der Waals surface area contributed by atoms with Crippen molar-refractivity contribution in [2.75, 3.05) is 19.5 Å². The average molecular weight is 392 g/mol. The summed E-state index contributed by atoms with van der Waals surface area (Å²) in [4.78, 5) is 16.8. The Hall–Kier alpha value is -1.31. The maximum absolute atomic E-state index is 11.9. The number of benzene rings is 1. The van der Waals surface area contributed by atoms with E-state index in [-0.39, 0.29) is 0 Å². The van der Waals surface area contributed by atoms with E-state index in [1.807, 2.05) is 0 Å². The number of carbonyl (C=O) groups excluding carboxylic acids is 1. The highest BCUT2D eigenvalue weighted by molar-refractivity contribution is 9.10. The molecule has 0 fully saturated rings. The molecule has 0 unspecified atom stereocenters. The molecule has 0 atom stereocenters. The number of thiazole rings is 1. The molecule has 8 heteroatoms. The zero-order valence-electron chi connectivity index (χ0n) is 11.3. The van der Waals surface area contributed by atoms with Gasteiger partial charge in [-0.05, 0) is 28.1 Å². The number of aromatic nitrogens is 1. The van der Waals surface area contributed by atoms with Gasteiger partial charge in [-0.1, -0.05) is 11.6 Å². The summed E-state index contributed by atoms with van der Waals surface area (Å²) >= 11 is 10.6. The number of hydrogen-bond acceptors (Lipinski definition) is 6. The number of hydrogen-bond donors (Lipinski definition) is 1. The minimum atomic E-state index is -0.439. The van der Waals surface area contributed by atoms with Crippen LogP contribution in [0, 0.1) is 0 Å². The van der Waals surface area contributed by atoms with Crippen molar-refractivity contribution < 1.29 is 14.3 Å². The number of nitrogens with one attached hydrogen (secondary N) is 1. The summed E-state index contributed by atoms with van der Waals surface area (Å²) in [6, 6.07) is 3.39. The Balaban J connectivity index is 2.28. The van der Waals surface area contributed by atoms with Crippen molar-refractivity contribution in [2.24, 2.45) is 0 Å². The fourth-order valence-corrected chi connectivity index (χ4v) is 3.11. The first kappa shape index (κ1) is 16.1. The van der Waals surface area contributed by atoms with Crippen molar-refractivity contribution in [1.29, 1.82) is 0 Å². The minimum Gasteiger partial charge on any atom is -0.496 e. The van der Waals surface area contributed by atoms with Gasteiger partial charge in [0.15, 0.2) is 4.47 Å². The molecule has 0 bridgehead atoms. The molecule has 1 heterocycles. The Kier molecular flexibility index (Phi) is 5.44. The fourth-order valence-electron chi connectivity index (χ4n) is 1.68. The van der Waals surface area contributed by atoms with Gasteiger partial charge < -0.3 is 14.8 Å². The number of carbonyl (C=O) groups is 1. The molecule has 21 heavy (non-hydrogen) atoms. The fraction of sp³-hybridized carbons (Fsp3) is 0.231. The van der Waals surface area contributed by atoms with Gasteiger partial charge >= 0.3 is 5.97 Å². The maximum atomic E-state index is 11.9. The summed E-state index contributed by atoms with van der Waals surface area (Å²) in [5.41, 5.74) is 1.03. The molecular weight excluding hydrogens is 380 g/mol. The Morgan fingerprint density at radius 2 is 2.24 bits per heavy atom. The highest BCUT2D eigenvalue weighted by Crippen LogP contribution is 2.32. The van der Waals surface area contributed by atoms with Gasteiger partial charge in [0.2, 0.25) is 0 Å². The van der Waals surface area contributed by atoms with Crippen LogP contribution in [0.15, 0.2) is 22.8 Å². The minimum absolute atomic E-state index is 0.396. The van der Waals surface area contributed by atoms with Crippen LogP contribution in [0.25, 0.3) is 0 Å². The van der Waals surface area contributed by atoms with E-state index >= 15 is 0 Å². The molecule has 0 amide bonds. The SMILES string of the molecule is COC(=O)c1cc(OC)c(Br)cc1NCc1cnc(Cl)s1. The normalized spacial score (nSPS) is 10.3. The summed E-state index contributed by atoms with van der Waals surface area (Å²) in [6.07, 6.45) is 1.69. The van der Waals surface area contributed by atoms with Crippen molar-refractivity contribution >= 4 is 50.5 Å². The van der Waals surface area contributed by atoms with Gasteiger partial charge in [-0.3, -0.25) is 0 Å². The van der Waals surface area contributed by atoms with Crippen LogP contribution in [0.3, 0.4) is 0 Å². The number of esters is 1. The number of halogens is 2. The molecule has 0 spiro atoms. The monoisotopic (exact) mass is 390 g/mol. The number of ether oxygens (including phenoxy) is 2. The Morgan fingerprint density at radius 1 is 1.48 bits per heavy atom. The summed E-state index contributed by atoms with van der Waals surface area (Å²) < 4.78 is 11.2. The third-order valence-corrected chi connectivity index (χ3v) is 4.41. The molecule has 112 valence electrons. The highest BCUT2D eigenvalue weighted by Gasteiger charge is 2.16. The average Bonchev–Trinajstić information content (AvgIpc) is 2.90. The molecule has 0 aliphatic heterocycles. The predicted octanol–water partition coefficient (Wildman–Crippen LogP) is 3.97. The van der Waals surface area contributed by atoms with Crippen LogP contribution in [0.1, 0.15) is 15.2 Å². The summed E-state index contributed by atoms with van der Waals surface area (Å²) in [6.45, 7) is 0.507. The Bertz CT molecular complexity index is 663. The van der Waals surface area contributed by atoms with Crippen LogP contribution in [0.5, 0.6) is 5.75 Å². The molecule has 0 radical (unpaired) electrons. The zero-order chi connectivity index (χ0) is 15.4. The second-order valence-corrected chi connectivity index (χ2v) is 6.51. The molecule has 2 aromatic rings. The van der Waals surface area contributed by atoms with E-state index < -0.39 is 5.97 Å². The zero-order valence-corrected chi connectivity index (χ0v) is 14.4. The van der Waals surface area contributed by atoms with E-state index in [0.717, 1.165) is 9.35 Å². The molecule has 1 aromatic carbocycles. The van der Waals surface area contributed by atoms with Crippen molar-refractivity contribution in [3.63, 3.8) is 0 Å². The molecule has 1 aromatic heterocycles. The summed E-state index contributed by atoms with van der Waals surface area (Å²) in [5.74, 6) is 0.118. The highest BCUT2D eigenvalue weighted by atomic mass is 79.9. The molecule has 2 rings (SSSR count). The lowest BCUT2D eigenvalue weighted by molar-refractivity contribution is 0.0601. The lowest BCUT2D eigenvalue weighted by Gasteiger charge is -2.13. The lowest BCUT2D eigenvalue weighted by atomic mass is 10.1. The van der Waals surface area contributed by atoms with E-state index in [0.29, 0.717) is 28.0 Å². The number of nitrogens with zero attached hydrogens (tertiary/aromatic N) is 1. The van der Waals surface area contributed by atoms with E-state index in [9.17, 15) is 4.79 Å². The van der Waals surface area contributed by atoms with Crippen LogP contribution < -0.4 is 10.1 Å². The number of methoxy groups -OCH3 is 2. The standard InChI is InChI=1S/C13H12BrClN2O3S/c1-19-11-3-8(12(18)20-2)10(4-9(11)14)16-5-7-6-17-13(15)21-7/h3-4,6,16H,5H2,1-2H3. The van der Waals surface area contributed by atoms with E-state index in [1.54, 1.807) is 18.3 Å². The largest absolute Gasteiger partial charge is 0.496 e. The van der Waals surface area contributed by atoms with E-state index in [2.05, 4.69) is 26.2 Å². The van der Waals surface area contributed by atoms with Crippen molar-refractivity contribution in [2.45, 2.75) is 6.54 Å². The first-order chi connectivity index (χ1) is 10.0. The molecule has 0 aliphatic rings. The second-order valence-electron chi connectivity index (χ2n) is 3.96. The molecule has 0 saturated heterocycles. The second kappa shape index (κ2) is 7.11. The van der Waals surface area contributed by atoms with Crippen LogP contribution in [0.4, 0.5) is 5.69 Å². The van der Waals surface area contributed by atoms with Crippen molar-refractivity contribution in [1.82, 2.24) is 4.98 Å². The van der Waals surface area contributed by atoms with Crippen LogP contribution in [-0.2, 0) is 11.3 Å². The summed E-state index contributed by atoms with van der Waals surface area (Å²) in [7, 11) is 2.87. The van der Waals surface area contributed by atoms with Gasteiger partial charge in [0.25, 0.3) is 0 Å². The van der Waals surface area contributed by atoms with Gasteiger partial charge in [0, 0.05) is 11.1 Å². The van der Waals surface area contributed by atoms with Crippen LogP contribution >= 0.6 is 38.9 Å². The van der Waals surface area contributed by atoms with Gasteiger partial charge in [0.05, 0.1) is 36.5 Å². The Morgan fingerprint density at radius 3 is 2.81 bits per heavy atom. The van der Waals surface area contributed by atoms with Gasteiger partial charge in [-0.15, -0.1) is 11.3 Å². The van der Waals surface area contributed by atoms with Gasteiger partial charge in [-0.25, -0.2) is 9.78 Å². The summed E-state index contributed by atoms with van der Waals surface area (Å²) in [5, 5.41) is 3.18. The van der Waals surface area contributed by atoms with E-state index in [1.165, 1.54) is 25.6 Å². The van der Waals surface area contributed by atoms with Gasteiger partial charge in [-0.2, -0.15) is 0 Å². The first-order valence-electron chi connectivity index (χ1n) is 5.85. The topological polar surface area (TPSA) is 60.5 Å². The molecule has 0 aliphatic carbocycles. The lowest BCUT2D eigenvalue weighted by Crippen LogP contribution is -2.08. The molecule has 5 nitrogen and oxygen atoms in total. The third kappa shape index (κ3) is 3.87. The van der Waals surface area contributed by atoms with Crippen LogP contribution in [-0.4, -0.2) is 25.2 Å². The van der Waals surface area contributed by atoms with Crippen LogP contribution in [0.2, 0.25) is 4.47 Å². The molecule has 0 saturated carbocycles. The predicted molar refractivity (Wildman–Crippen MR) is 86.5 cm³/mol. The smallest absolute Gasteiger partial charge is 0.340 e. The van der Waals surface area contributed by atoms with Gasteiger partial charge in [0.1, 0.15) is 5.75 Å². The third-order valence-electron chi connectivity index (χ3n) is 2.68. The Labute approximate surface area is 139 Å². The number of rotatable bonds is 5. The first-order valence-corrected chi connectivity index (χ1v) is 7.83. The molecule has 1 N–H and O–H groups in total. The maximum Gasteiger partial charge on any atom is 0.340 e.